The Hall–Kier alpha value is -0.870. The molecule has 0 unspecified atom stereocenters. The predicted octanol–water partition coefficient (Wildman–Crippen LogP) is 1.91. The summed E-state index contributed by atoms with van der Waals surface area (Å²) in [5.74, 6) is 0.387. The van der Waals surface area contributed by atoms with Crippen molar-refractivity contribution in [1.29, 1.82) is 0 Å². The number of primary sulfonamides is 1. The van der Waals surface area contributed by atoms with Crippen LogP contribution in [0.25, 0.3) is 0 Å². The SMILES string of the molecule is Cc1ccc(S(N)(=O)=O)c(C2CCC2)c1. The molecule has 3 nitrogen and oxygen atoms in total. The summed E-state index contributed by atoms with van der Waals surface area (Å²) in [6, 6.07) is 5.36. The molecule has 0 aliphatic heterocycles. The Morgan fingerprint density at radius 1 is 1.33 bits per heavy atom. The largest absolute Gasteiger partial charge is 0.238 e. The smallest absolute Gasteiger partial charge is 0.225 e. The number of aryl methyl sites for hydroxylation is 1. The number of rotatable bonds is 2. The van der Waals surface area contributed by atoms with E-state index in [-0.39, 0.29) is 0 Å². The van der Waals surface area contributed by atoms with Crippen molar-refractivity contribution in [3.63, 3.8) is 0 Å². The predicted molar refractivity (Wildman–Crippen MR) is 59.1 cm³/mol. The van der Waals surface area contributed by atoms with Crippen molar-refractivity contribution in [2.75, 3.05) is 0 Å². The molecule has 0 radical (unpaired) electrons. The number of nitrogens with two attached hydrogens (primary N) is 1. The molecular formula is C11H15NO2S. The van der Waals surface area contributed by atoms with Crippen LogP contribution in [0.2, 0.25) is 0 Å². The van der Waals surface area contributed by atoms with Gasteiger partial charge in [-0.05, 0) is 37.3 Å². The van der Waals surface area contributed by atoms with E-state index >= 15 is 0 Å². The van der Waals surface area contributed by atoms with E-state index in [0.717, 1.165) is 24.0 Å². The Balaban J connectivity index is 2.53. The fourth-order valence-electron chi connectivity index (χ4n) is 1.97. The maximum absolute atomic E-state index is 11.4. The summed E-state index contributed by atoms with van der Waals surface area (Å²) < 4.78 is 22.8. The lowest BCUT2D eigenvalue weighted by atomic mass is 9.80. The molecule has 1 aromatic carbocycles. The van der Waals surface area contributed by atoms with E-state index in [1.165, 1.54) is 6.42 Å². The van der Waals surface area contributed by atoms with Gasteiger partial charge in [-0.25, -0.2) is 13.6 Å². The second kappa shape index (κ2) is 3.61. The van der Waals surface area contributed by atoms with E-state index < -0.39 is 10.0 Å². The molecule has 2 N–H and O–H groups in total. The maximum Gasteiger partial charge on any atom is 0.238 e. The van der Waals surface area contributed by atoms with Crippen LogP contribution in [0.1, 0.15) is 36.3 Å². The van der Waals surface area contributed by atoms with Crippen LogP contribution in [0.3, 0.4) is 0 Å². The lowest BCUT2D eigenvalue weighted by molar-refractivity contribution is 0.413. The van der Waals surface area contributed by atoms with Crippen molar-refractivity contribution < 1.29 is 8.42 Å². The third kappa shape index (κ3) is 2.06. The van der Waals surface area contributed by atoms with Crippen LogP contribution in [0.15, 0.2) is 23.1 Å². The first kappa shape index (κ1) is 10.6. The Morgan fingerprint density at radius 2 is 2.00 bits per heavy atom. The van der Waals surface area contributed by atoms with Gasteiger partial charge in [0.05, 0.1) is 4.90 Å². The van der Waals surface area contributed by atoms with Crippen LogP contribution in [-0.2, 0) is 10.0 Å². The Kier molecular flexibility index (Phi) is 2.56. The van der Waals surface area contributed by atoms with Crippen LogP contribution in [0.5, 0.6) is 0 Å². The van der Waals surface area contributed by atoms with E-state index in [1.54, 1.807) is 12.1 Å². The van der Waals surface area contributed by atoms with Crippen molar-refractivity contribution in [2.45, 2.75) is 37.0 Å². The second-order valence-corrected chi connectivity index (χ2v) is 5.74. The van der Waals surface area contributed by atoms with Gasteiger partial charge in [0.15, 0.2) is 0 Å². The zero-order valence-electron chi connectivity index (χ0n) is 8.73. The van der Waals surface area contributed by atoms with Gasteiger partial charge in [-0.15, -0.1) is 0 Å². The maximum atomic E-state index is 11.4. The molecule has 0 atom stereocenters. The van der Waals surface area contributed by atoms with Crippen LogP contribution in [-0.4, -0.2) is 8.42 Å². The zero-order chi connectivity index (χ0) is 11.1. The quantitative estimate of drug-likeness (QED) is 0.835. The number of sulfonamides is 1. The second-order valence-electron chi connectivity index (χ2n) is 4.21. The fourth-order valence-corrected chi connectivity index (χ4v) is 2.78. The van der Waals surface area contributed by atoms with Gasteiger partial charge >= 0.3 is 0 Å². The van der Waals surface area contributed by atoms with Gasteiger partial charge in [0, 0.05) is 0 Å². The van der Waals surface area contributed by atoms with Crippen molar-refractivity contribution >= 4 is 10.0 Å². The minimum Gasteiger partial charge on any atom is -0.225 e. The van der Waals surface area contributed by atoms with E-state index in [1.807, 2.05) is 13.0 Å². The molecule has 4 heteroatoms. The lowest BCUT2D eigenvalue weighted by Crippen LogP contribution is -2.18. The molecule has 0 saturated heterocycles. The standard InChI is InChI=1S/C11H15NO2S/c1-8-5-6-11(15(12,13)14)10(7-8)9-3-2-4-9/h5-7,9H,2-4H2,1H3,(H2,12,13,14). The first-order valence-corrected chi connectivity index (χ1v) is 6.66. The van der Waals surface area contributed by atoms with Gasteiger partial charge in [0.2, 0.25) is 10.0 Å². The highest BCUT2D eigenvalue weighted by atomic mass is 32.2. The van der Waals surface area contributed by atoms with E-state index in [9.17, 15) is 8.42 Å². The summed E-state index contributed by atoms with van der Waals surface area (Å²) in [4.78, 5) is 0.304. The van der Waals surface area contributed by atoms with Gasteiger partial charge in [0.1, 0.15) is 0 Å². The van der Waals surface area contributed by atoms with E-state index in [2.05, 4.69) is 0 Å². The molecule has 1 aliphatic rings. The highest BCUT2D eigenvalue weighted by Gasteiger charge is 2.25. The highest BCUT2D eigenvalue weighted by Crippen LogP contribution is 2.39. The zero-order valence-corrected chi connectivity index (χ0v) is 9.55. The summed E-state index contributed by atoms with van der Waals surface area (Å²) in [5.41, 5.74) is 1.99. The molecule has 0 aromatic heterocycles. The summed E-state index contributed by atoms with van der Waals surface area (Å²) in [6.07, 6.45) is 3.33. The average molecular weight is 225 g/mol. The van der Waals surface area contributed by atoms with E-state index in [0.29, 0.717) is 10.8 Å². The highest BCUT2D eigenvalue weighted by molar-refractivity contribution is 7.89. The molecule has 15 heavy (non-hydrogen) atoms. The van der Waals surface area contributed by atoms with E-state index in [4.69, 9.17) is 5.14 Å². The molecule has 1 aliphatic carbocycles. The molecule has 82 valence electrons. The van der Waals surface area contributed by atoms with Crippen molar-refractivity contribution in [1.82, 2.24) is 0 Å². The van der Waals surface area contributed by atoms with Crippen LogP contribution >= 0.6 is 0 Å². The number of hydrogen-bond donors (Lipinski definition) is 1. The fraction of sp³-hybridized carbons (Fsp3) is 0.455. The molecule has 0 amide bonds. The number of benzene rings is 1. The van der Waals surface area contributed by atoms with Gasteiger partial charge in [-0.1, -0.05) is 24.1 Å². The summed E-state index contributed by atoms with van der Waals surface area (Å²) >= 11 is 0. The van der Waals surface area contributed by atoms with Crippen LogP contribution in [0, 0.1) is 6.92 Å². The molecule has 1 aromatic rings. The van der Waals surface area contributed by atoms with Gasteiger partial charge in [-0.2, -0.15) is 0 Å². The molecule has 1 fully saturated rings. The Morgan fingerprint density at radius 3 is 2.47 bits per heavy atom. The third-order valence-corrected chi connectivity index (χ3v) is 4.00. The summed E-state index contributed by atoms with van der Waals surface area (Å²) in [6.45, 7) is 1.97. The van der Waals surface area contributed by atoms with Crippen molar-refractivity contribution in [2.24, 2.45) is 5.14 Å². The van der Waals surface area contributed by atoms with Crippen molar-refractivity contribution in [3.05, 3.63) is 29.3 Å². The minimum absolute atomic E-state index is 0.304. The average Bonchev–Trinajstić information content (AvgIpc) is 1.98. The monoisotopic (exact) mass is 225 g/mol. The molecule has 0 bridgehead atoms. The first-order chi connectivity index (χ1) is 6.98. The molecule has 0 heterocycles. The van der Waals surface area contributed by atoms with Gasteiger partial charge < -0.3 is 0 Å². The van der Waals surface area contributed by atoms with Gasteiger partial charge in [0.25, 0.3) is 0 Å². The topological polar surface area (TPSA) is 60.2 Å². The van der Waals surface area contributed by atoms with Crippen molar-refractivity contribution in [3.8, 4) is 0 Å². The van der Waals surface area contributed by atoms with Crippen LogP contribution in [0.4, 0.5) is 0 Å². The molecule has 1 saturated carbocycles. The molecule has 2 rings (SSSR count). The first-order valence-electron chi connectivity index (χ1n) is 5.12. The number of hydrogen-bond acceptors (Lipinski definition) is 2. The molecular weight excluding hydrogens is 210 g/mol. The minimum atomic E-state index is -3.57. The molecule has 0 spiro atoms. The lowest BCUT2D eigenvalue weighted by Gasteiger charge is -2.27. The van der Waals surface area contributed by atoms with Crippen LogP contribution < -0.4 is 5.14 Å². The normalized spacial score (nSPS) is 17.5. The Labute approximate surface area is 90.4 Å². The Bertz CT molecular complexity index is 475. The third-order valence-electron chi connectivity index (χ3n) is 3.02. The summed E-state index contributed by atoms with van der Waals surface area (Å²) in [5, 5.41) is 5.20. The van der Waals surface area contributed by atoms with Gasteiger partial charge in [-0.3, -0.25) is 0 Å². The summed E-state index contributed by atoms with van der Waals surface area (Å²) in [7, 11) is -3.57.